The monoisotopic (exact) mass is 185 g/mol. The summed E-state index contributed by atoms with van der Waals surface area (Å²) in [7, 11) is 0. The predicted octanol–water partition coefficient (Wildman–Crippen LogP) is 1.88. The van der Waals surface area contributed by atoms with Gasteiger partial charge in [-0.25, -0.2) is 0 Å². The minimum Gasteiger partial charge on any atom is -0.396 e. The van der Waals surface area contributed by atoms with Gasteiger partial charge in [-0.15, -0.1) is 0 Å². The molecule has 0 radical (unpaired) electrons. The van der Waals surface area contributed by atoms with Crippen molar-refractivity contribution in [2.45, 2.75) is 45.6 Å². The zero-order valence-electron chi connectivity index (χ0n) is 9.00. The van der Waals surface area contributed by atoms with Crippen molar-refractivity contribution >= 4 is 0 Å². The van der Waals surface area contributed by atoms with Crippen LogP contribution in [0.3, 0.4) is 0 Å². The quantitative estimate of drug-likeness (QED) is 0.683. The van der Waals surface area contributed by atoms with E-state index in [0.717, 1.165) is 18.9 Å². The Morgan fingerprint density at radius 1 is 1.38 bits per heavy atom. The Labute approximate surface area is 81.9 Å². The minimum atomic E-state index is 0.327. The number of aliphatic hydroxyl groups is 1. The van der Waals surface area contributed by atoms with Gasteiger partial charge in [0.1, 0.15) is 0 Å². The summed E-state index contributed by atoms with van der Waals surface area (Å²) < 4.78 is 0. The maximum absolute atomic E-state index is 8.78. The van der Waals surface area contributed by atoms with Crippen LogP contribution in [0.25, 0.3) is 0 Å². The number of rotatable bonds is 6. The summed E-state index contributed by atoms with van der Waals surface area (Å²) in [4.78, 5) is 2.50. The zero-order valence-corrected chi connectivity index (χ0v) is 9.00. The third-order valence-electron chi connectivity index (χ3n) is 3.05. The lowest BCUT2D eigenvalue weighted by Gasteiger charge is -2.34. The summed E-state index contributed by atoms with van der Waals surface area (Å²) in [5.74, 6) is 0.945. The average molecular weight is 185 g/mol. The van der Waals surface area contributed by atoms with Gasteiger partial charge in [0.15, 0.2) is 0 Å². The van der Waals surface area contributed by atoms with Crippen molar-refractivity contribution in [1.29, 1.82) is 0 Å². The van der Waals surface area contributed by atoms with Crippen LogP contribution in [0.1, 0.15) is 39.5 Å². The van der Waals surface area contributed by atoms with E-state index >= 15 is 0 Å². The van der Waals surface area contributed by atoms with Crippen LogP contribution >= 0.6 is 0 Å². The van der Waals surface area contributed by atoms with Crippen molar-refractivity contribution < 1.29 is 5.11 Å². The minimum absolute atomic E-state index is 0.327. The molecular formula is C11H23NO. The Kier molecular flexibility index (Phi) is 4.74. The highest BCUT2D eigenvalue weighted by Gasteiger charge is 2.21. The Bertz CT molecular complexity index is 132. The third-order valence-corrected chi connectivity index (χ3v) is 3.05. The highest BCUT2D eigenvalue weighted by molar-refractivity contribution is 4.75. The van der Waals surface area contributed by atoms with Crippen molar-refractivity contribution in [3.63, 3.8) is 0 Å². The molecule has 2 heteroatoms. The Morgan fingerprint density at radius 3 is 2.46 bits per heavy atom. The standard InChI is InChI=1S/C11H23NO/c1-10(2)12(7-4-8-13)9-11-5-3-6-11/h10-11,13H,3-9H2,1-2H3. The van der Waals surface area contributed by atoms with Gasteiger partial charge in [-0.1, -0.05) is 6.42 Å². The Balaban J connectivity index is 2.19. The molecule has 1 fully saturated rings. The zero-order chi connectivity index (χ0) is 9.68. The topological polar surface area (TPSA) is 23.5 Å². The van der Waals surface area contributed by atoms with E-state index in [9.17, 15) is 0 Å². The summed E-state index contributed by atoms with van der Waals surface area (Å²) in [5.41, 5.74) is 0. The second kappa shape index (κ2) is 5.61. The maximum Gasteiger partial charge on any atom is 0.0443 e. The average Bonchev–Trinajstić information content (AvgIpc) is 2.01. The van der Waals surface area contributed by atoms with Crippen molar-refractivity contribution in [2.75, 3.05) is 19.7 Å². The largest absolute Gasteiger partial charge is 0.396 e. The SMILES string of the molecule is CC(C)N(CCCO)CC1CCC1. The molecule has 1 aliphatic rings. The molecule has 0 spiro atoms. The molecule has 0 aliphatic heterocycles. The molecule has 13 heavy (non-hydrogen) atoms. The second-order valence-corrected chi connectivity index (χ2v) is 4.46. The van der Waals surface area contributed by atoms with Gasteiger partial charge in [0.05, 0.1) is 0 Å². The van der Waals surface area contributed by atoms with E-state index in [2.05, 4.69) is 18.7 Å². The number of aliphatic hydroxyl groups excluding tert-OH is 1. The number of nitrogens with zero attached hydrogens (tertiary/aromatic N) is 1. The first-order valence-electron chi connectivity index (χ1n) is 5.59. The van der Waals surface area contributed by atoms with E-state index in [4.69, 9.17) is 5.11 Å². The molecule has 1 N–H and O–H groups in total. The Hall–Kier alpha value is -0.0800. The summed E-state index contributed by atoms with van der Waals surface area (Å²) in [6.45, 7) is 7.13. The smallest absolute Gasteiger partial charge is 0.0443 e. The van der Waals surface area contributed by atoms with E-state index in [1.165, 1.54) is 25.8 Å². The van der Waals surface area contributed by atoms with E-state index < -0.39 is 0 Å². The molecule has 0 amide bonds. The van der Waals surface area contributed by atoms with Gasteiger partial charge in [0.25, 0.3) is 0 Å². The molecule has 1 rings (SSSR count). The van der Waals surface area contributed by atoms with Crippen LogP contribution in [0, 0.1) is 5.92 Å². The van der Waals surface area contributed by atoms with Crippen LogP contribution in [0.15, 0.2) is 0 Å². The molecule has 0 saturated heterocycles. The highest BCUT2D eigenvalue weighted by atomic mass is 16.3. The lowest BCUT2D eigenvalue weighted by molar-refractivity contribution is 0.136. The van der Waals surface area contributed by atoms with E-state index in [-0.39, 0.29) is 0 Å². The normalized spacial score (nSPS) is 18.2. The van der Waals surface area contributed by atoms with Crippen LogP contribution in [-0.4, -0.2) is 35.7 Å². The molecule has 0 bridgehead atoms. The van der Waals surface area contributed by atoms with Gasteiger partial charge in [-0.05, 0) is 39.0 Å². The van der Waals surface area contributed by atoms with E-state index in [0.29, 0.717) is 12.6 Å². The van der Waals surface area contributed by atoms with Gasteiger partial charge in [0, 0.05) is 25.7 Å². The first-order chi connectivity index (χ1) is 6.24. The van der Waals surface area contributed by atoms with Crippen LogP contribution in [0.5, 0.6) is 0 Å². The summed E-state index contributed by atoms with van der Waals surface area (Å²) in [6.07, 6.45) is 5.19. The fraction of sp³-hybridized carbons (Fsp3) is 1.00. The molecular weight excluding hydrogens is 162 g/mol. The summed E-state index contributed by atoms with van der Waals surface area (Å²) in [6, 6.07) is 0.632. The third kappa shape index (κ3) is 3.65. The van der Waals surface area contributed by atoms with Gasteiger partial charge >= 0.3 is 0 Å². The molecule has 0 aromatic rings. The predicted molar refractivity (Wildman–Crippen MR) is 55.8 cm³/mol. The lowest BCUT2D eigenvalue weighted by atomic mass is 9.85. The van der Waals surface area contributed by atoms with Gasteiger partial charge in [-0.2, -0.15) is 0 Å². The molecule has 78 valence electrons. The molecule has 1 aliphatic carbocycles. The number of hydrogen-bond donors (Lipinski definition) is 1. The second-order valence-electron chi connectivity index (χ2n) is 4.46. The van der Waals surface area contributed by atoms with Crippen molar-refractivity contribution in [1.82, 2.24) is 4.90 Å². The molecule has 1 saturated carbocycles. The summed E-state index contributed by atoms with van der Waals surface area (Å²) >= 11 is 0. The first-order valence-corrected chi connectivity index (χ1v) is 5.59. The lowest BCUT2D eigenvalue weighted by Crippen LogP contribution is -2.38. The van der Waals surface area contributed by atoms with Crippen LogP contribution in [0.4, 0.5) is 0 Å². The highest BCUT2D eigenvalue weighted by Crippen LogP contribution is 2.27. The fourth-order valence-corrected chi connectivity index (χ4v) is 1.84. The van der Waals surface area contributed by atoms with Crippen molar-refractivity contribution in [2.24, 2.45) is 5.92 Å². The van der Waals surface area contributed by atoms with E-state index in [1.54, 1.807) is 0 Å². The molecule has 0 heterocycles. The molecule has 2 nitrogen and oxygen atoms in total. The van der Waals surface area contributed by atoms with Gasteiger partial charge < -0.3 is 10.0 Å². The Morgan fingerprint density at radius 2 is 2.08 bits per heavy atom. The van der Waals surface area contributed by atoms with Crippen LogP contribution in [-0.2, 0) is 0 Å². The molecule has 0 aromatic heterocycles. The molecule has 0 unspecified atom stereocenters. The van der Waals surface area contributed by atoms with E-state index in [1.807, 2.05) is 0 Å². The molecule has 0 atom stereocenters. The van der Waals surface area contributed by atoms with Crippen molar-refractivity contribution in [3.8, 4) is 0 Å². The number of hydrogen-bond acceptors (Lipinski definition) is 2. The van der Waals surface area contributed by atoms with Crippen LogP contribution in [0.2, 0.25) is 0 Å². The first kappa shape index (κ1) is 11.0. The van der Waals surface area contributed by atoms with Gasteiger partial charge in [-0.3, -0.25) is 0 Å². The fourth-order valence-electron chi connectivity index (χ4n) is 1.84. The van der Waals surface area contributed by atoms with Gasteiger partial charge in [0.2, 0.25) is 0 Å². The maximum atomic E-state index is 8.78. The summed E-state index contributed by atoms with van der Waals surface area (Å²) in [5, 5.41) is 8.78. The molecule has 0 aromatic carbocycles. The van der Waals surface area contributed by atoms with Crippen LogP contribution < -0.4 is 0 Å². The van der Waals surface area contributed by atoms with Crippen molar-refractivity contribution in [3.05, 3.63) is 0 Å².